The summed E-state index contributed by atoms with van der Waals surface area (Å²) in [5, 5.41) is 0.459. The molecule has 11 heteroatoms. The molecular formula is C21H20Cl5NO5. The minimum atomic E-state index is 0.0765. The highest BCUT2D eigenvalue weighted by atomic mass is 35.5. The molecule has 0 amide bonds. The fraction of sp³-hybridized carbons (Fsp3) is 0.381. The Labute approximate surface area is 211 Å². The minimum absolute atomic E-state index is 0.0765. The number of rotatable bonds is 2. The number of fused-ring (bicyclic) bond motifs is 1. The van der Waals surface area contributed by atoms with Crippen LogP contribution in [0.1, 0.15) is 5.56 Å². The van der Waals surface area contributed by atoms with Crippen LogP contribution < -0.4 is 9.47 Å². The monoisotopic (exact) mass is 541 g/mol. The van der Waals surface area contributed by atoms with Gasteiger partial charge in [-0.05, 0) is 23.8 Å². The Balaban J connectivity index is 1.80. The highest BCUT2D eigenvalue weighted by Gasteiger charge is 2.18. The summed E-state index contributed by atoms with van der Waals surface area (Å²) in [5.41, 5.74) is 0.930. The summed E-state index contributed by atoms with van der Waals surface area (Å²) < 4.78 is 28.0. The molecule has 0 spiro atoms. The third kappa shape index (κ3) is 7.02. The predicted octanol–water partition coefficient (Wildman–Crippen LogP) is 6.53. The molecule has 1 aliphatic rings. The molecule has 0 aromatic heterocycles. The molecule has 1 aliphatic heterocycles. The molecule has 2 aromatic rings. The first-order valence-electron chi connectivity index (χ1n) is 9.67. The van der Waals surface area contributed by atoms with Crippen LogP contribution in [0.5, 0.6) is 11.5 Å². The maximum absolute atomic E-state index is 6.24. The quantitative estimate of drug-likeness (QED) is 0.245. The number of benzene rings is 2. The number of hydrogen-bond donors (Lipinski definition) is 0. The van der Waals surface area contributed by atoms with E-state index in [4.69, 9.17) is 81.7 Å². The van der Waals surface area contributed by atoms with Crippen molar-refractivity contribution in [3.63, 3.8) is 0 Å². The molecule has 3 rings (SSSR count). The van der Waals surface area contributed by atoms with Gasteiger partial charge in [-0.2, -0.15) is 0 Å². The molecule has 0 N–H and O–H groups in total. The smallest absolute Gasteiger partial charge is 0.161 e. The first-order chi connectivity index (χ1) is 15.5. The van der Waals surface area contributed by atoms with Gasteiger partial charge in [-0.15, -0.1) is 0 Å². The van der Waals surface area contributed by atoms with E-state index in [1.54, 1.807) is 18.3 Å². The predicted molar refractivity (Wildman–Crippen MR) is 129 cm³/mol. The van der Waals surface area contributed by atoms with E-state index in [0.717, 1.165) is 0 Å². The van der Waals surface area contributed by atoms with E-state index in [9.17, 15) is 0 Å². The van der Waals surface area contributed by atoms with Crippen LogP contribution in [0.15, 0.2) is 23.2 Å². The van der Waals surface area contributed by atoms with Crippen molar-refractivity contribution in [1.29, 1.82) is 0 Å². The normalized spacial score (nSPS) is 16.5. The molecule has 0 unspecified atom stereocenters. The van der Waals surface area contributed by atoms with Gasteiger partial charge in [0.1, 0.15) is 18.9 Å². The summed E-state index contributed by atoms with van der Waals surface area (Å²) in [7, 11) is 0. The van der Waals surface area contributed by atoms with E-state index in [1.165, 1.54) is 0 Å². The van der Waals surface area contributed by atoms with Gasteiger partial charge in [0.25, 0.3) is 0 Å². The lowest BCUT2D eigenvalue weighted by Crippen LogP contribution is -2.13. The van der Waals surface area contributed by atoms with E-state index < -0.39 is 0 Å². The minimum Gasteiger partial charge on any atom is -0.487 e. The standard InChI is InChI=1S/C21H20Cl5NO5/c22-16-17(23)19(25)21(20(26)18(16)24)27-12-13-1-2-14-15(11-13)32-10-8-30-6-4-28-3-5-29-7-9-31-14/h1-2,11-12H,3-10H2. The first-order valence-corrected chi connectivity index (χ1v) is 11.6. The molecule has 6 nitrogen and oxygen atoms in total. The van der Waals surface area contributed by atoms with Crippen LogP contribution >= 0.6 is 58.0 Å². The molecule has 0 saturated carbocycles. The van der Waals surface area contributed by atoms with E-state index in [0.29, 0.717) is 69.9 Å². The summed E-state index contributed by atoms with van der Waals surface area (Å²) >= 11 is 30.7. The molecule has 32 heavy (non-hydrogen) atoms. The van der Waals surface area contributed by atoms with Crippen molar-refractivity contribution in [1.82, 2.24) is 0 Å². The van der Waals surface area contributed by atoms with Gasteiger partial charge in [0, 0.05) is 6.21 Å². The van der Waals surface area contributed by atoms with Crippen LogP contribution in [0.3, 0.4) is 0 Å². The van der Waals surface area contributed by atoms with E-state index >= 15 is 0 Å². The van der Waals surface area contributed by atoms with Crippen LogP contribution in [0.2, 0.25) is 25.1 Å². The summed E-state index contributed by atoms with van der Waals surface area (Å²) in [6.07, 6.45) is 1.56. The summed E-state index contributed by atoms with van der Waals surface area (Å²) in [6, 6.07) is 5.37. The van der Waals surface area contributed by atoms with Gasteiger partial charge in [0.15, 0.2) is 11.5 Å². The van der Waals surface area contributed by atoms with Gasteiger partial charge in [-0.3, -0.25) is 4.99 Å². The average Bonchev–Trinajstić information content (AvgIpc) is 2.80. The van der Waals surface area contributed by atoms with Crippen molar-refractivity contribution in [2.75, 3.05) is 52.9 Å². The second-order valence-electron chi connectivity index (χ2n) is 6.42. The highest BCUT2D eigenvalue weighted by Crippen LogP contribution is 2.48. The maximum atomic E-state index is 6.24. The van der Waals surface area contributed by atoms with Gasteiger partial charge in [-0.1, -0.05) is 58.0 Å². The molecule has 0 radical (unpaired) electrons. The van der Waals surface area contributed by atoms with Gasteiger partial charge in [0.2, 0.25) is 0 Å². The molecule has 0 fully saturated rings. The lowest BCUT2D eigenvalue weighted by atomic mass is 10.2. The van der Waals surface area contributed by atoms with Crippen molar-refractivity contribution in [3.8, 4) is 11.5 Å². The Kier molecular flexibility index (Phi) is 10.5. The highest BCUT2D eigenvalue weighted by molar-refractivity contribution is 6.56. The molecule has 0 bridgehead atoms. The molecule has 0 aliphatic carbocycles. The Morgan fingerprint density at radius 1 is 0.594 bits per heavy atom. The number of halogens is 5. The average molecular weight is 544 g/mol. The summed E-state index contributed by atoms with van der Waals surface area (Å²) in [5.74, 6) is 1.11. The topological polar surface area (TPSA) is 58.5 Å². The fourth-order valence-corrected chi connectivity index (χ4v) is 3.87. The van der Waals surface area contributed by atoms with Gasteiger partial charge >= 0.3 is 0 Å². The van der Waals surface area contributed by atoms with Crippen molar-refractivity contribution >= 4 is 69.9 Å². The number of aliphatic imine (C=N–C) groups is 1. The number of hydrogen-bond acceptors (Lipinski definition) is 6. The van der Waals surface area contributed by atoms with E-state index in [2.05, 4.69) is 4.99 Å². The lowest BCUT2D eigenvalue weighted by Gasteiger charge is -2.13. The number of ether oxygens (including phenoxy) is 5. The first kappa shape index (κ1) is 25.7. The molecular weight excluding hydrogens is 523 g/mol. The zero-order valence-corrected chi connectivity index (χ0v) is 20.6. The molecule has 0 saturated heterocycles. The van der Waals surface area contributed by atoms with Crippen LogP contribution in [0.25, 0.3) is 0 Å². The third-order valence-electron chi connectivity index (χ3n) is 4.21. The molecule has 0 atom stereocenters. The Morgan fingerprint density at radius 3 is 1.62 bits per heavy atom. The van der Waals surface area contributed by atoms with Crippen LogP contribution in [-0.4, -0.2) is 59.1 Å². The Bertz CT molecular complexity index is 928. The summed E-state index contributed by atoms with van der Waals surface area (Å²) in [6.45, 7) is 3.53. The molecule has 2 aromatic carbocycles. The molecule has 1 heterocycles. The van der Waals surface area contributed by atoms with Crippen molar-refractivity contribution < 1.29 is 23.7 Å². The van der Waals surface area contributed by atoms with Crippen molar-refractivity contribution in [2.45, 2.75) is 0 Å². The van der Waals surface area contributed by atoms with Gasteiger partial charge in [-0.25, -0.2) is 0 Å². The van der Waals surface area contributed by atoms with E-state index in [1.807, 2.05) is 6.07 Å². The van der Waals surface area contributed by atoms with Crippen LogP contribution in [-0.2, 0) is 14.2 Å². The maximum Gasteiger partial charge on any atom is 0.161 e. The van der Waals surface area contributed by atoms with Crippen LogP contribution in [0, 0.1) is 0 Å². The Morgan fingerprint density at radius 2 is 1.06 bits per heavy atom. The SMILES string of the molecule is Clc1c(Cl)c(Cl)c(N=Cc2ccc3c(c2)OCCOCCOCCOCCO3)c(Cl)c1Cl. The van der Waals surface area contributed by atoms with Crippen LogP contribution in [0.4, 0.5) is 5.69 Å². The van der Waals surface area contributed by atoms with Gasteiger partial charge in [0.05, 0.1) is 64.8 Å². The number of nitrogens with zero attached hydrogens (tertiary/aromatic N) is 1. The van der Waals surface area contributed by atoms with Crippen molar-refractivity contribution in [2.24, 2.45) is 4.99 Å². The van der Waals surface area contributed by atoms with Crippen molar-refractivity contribution in [3.05, 3.63) is 48.9 Å². The summed E-state index contributed by atoms with van der Waals surface area (Å²) in [4.78, 5) is 4.35. The van der Waals surface area contributed by atoms with Gasteiger partial charge < -0.3 is 23.7 Å². The lowest BCUT2D eigenvalue weighted by molar-refractivity contribution is 0.00708. The van der Waals surface area contributed by atoms with E-state index in [-0.39, 0.29) is 30.8 Å². The molecule has 174 valence electrons. The second kappa shape index (κ2) is 13.1. The zero-order chi connectivity index (χ0) is 22.9. The second-order valence-corrected chi connectivity index (χ2v) is 8.31. The largest absolute Gasteiger partial charge is 0.487 e. The third-order valence-corrected chi connectivity index (χ3v) is 6.47. The zero-order valence-electron chi connectivity index (χ0n) is 16.8. The fourth-order valence-electron chi connectivity index (χ4n) is 2.65. The Hall–Kier alpha value is -0.960.